The minimum absolute atomic E-state index is 0.178. The maximum atomic E-state index is 6.05. The van der Waals surface area contributed by atoms with Gasteiger partial charge in [-0.2, -0.15) is 0 Å². The maximum absolute atomic E-state index is 6.05. The number of nitrogens with two attached hydrogens (primary N) is 1. The van der Waals surface area contributed by atoms with Crippen LogP contribution in [0, 0.1) is 0 Å². The lowest BCUT2D eigenvalue weighted by Crippen LogP contribution is -2.10. The van der Waals surface area contributed by atoms with Crippen LogP contribution in [0.2, 0.25) is 0 Å². The summed E-state index contributed by atoms with van der Waals surface area (Å²) in [5.74, 6) is 0. The molecule has 0 aliphatic carbocycles. The van der Waals surface area contributed by atoms with Gasteiger partial charge < -0.3 is 15.0 Å². The van der Waals surface area contributed by atoms with Gasteiger partial charge in [-0.25, -0.2) is 0 Å². The highest BCUT2D eigenvalue weighted by Crippen LogP contribution is 2.15. The third-order valence-corrected chi connectivity index (χ3v) is 2.60. The quantitative estimate of drug-likeness (QED) is 0.773. The Morgan fingerprint density at radius 2 is 2.19 bits per heavy atom. The molecule has 1 atom stereocenters. The summed E-state index contributed by atoms with van der Waals surface area (Å²) in [5, 5.41) is 0. The molecule has 3 heteroatoms. The minimum Gasteiger partial charge on any atom is -0.377 e. The van der Waals surface area contributed by atoms with Crippen LogP contribution in [0.25, 0.3) is 0 Å². The second-order valence-corrected chi connectivity index (χ2v) is 4.50. The largest absolute Gasteiger partial charge is 0.377 e. The molecule has 0 aromatic carbocycles. The first-order valence-electron chi connectivity index (χ1n) is 6.16. The van der Waals surface area contributed by atoms with Gasteiger partial charge in [0, 0.05) is 25.0 Å². The molecule has 1 rings (SSSR count). The van der Waals surface area contributed by atoms with E-state index in [4.69, 9.17) is 10.5 Å². The number of aromatic nitrogens is 1. The normalized spacial score (nSPS) is 13.3. The average Bonchev–Trinajstić information content (AvgIpc) is 2.66. The van der Waals surface area contributed by atoms with E-state index in [1.165, 1.54) is 5.56 Å². The molecule has 0 saturated carbocycles. The Morgan fingerprint density at radius 3 is 2.81 bits per heavy atom. The Kier molecular flexibility index (Phi) is 5.56. The van der Waals surface area contributed by atoms with Crippen LogP contribution < -0.4 is 5.73 Å². The number of hydrogen-bond acceptors (Lipinski definition) is 2. The van der Waals surface area contributed by atoms with Crippen molar-refractivity contribution in [3.8, 4) is 0 Å². The monoisotopic (exact) mass is 224 g/mol. The highest BCUT2D eigenvalue weighted by atomic mass is 16.5. The Labute approximate surface area is 98.6 Å². The Bertz CT molecular complexity index is 294. The van der Waals surface area contributed by atoms with Crippen molar-refractivity contribution in [1.82, 2.24) is 4.57 Å². The zero-order valence-electron chi connectivity index (χ0n) is 10.6. The molecule has 0 amide bonds. The molecule has 0 fully saturated rings. The van der Waals surface area contributed by atoms with E-state index in [1.807, 2.05) is 0 Å². The van der Waals surface area contributed by atoms with Crippen molar-refractivity contribution in [2.75, 3.05) is 6.61 Å². The molecular weight excluding hydrogens is 200 g/mol. The molecule has 3 nitrogen and oxygen atoms in total. The Morgan fingerprint density at radius 1 is 1.44 bits per heavy atom. The molecule has 1 heterocycles. The summed E-state index contributed by atoms with van der Waals surface area (Å²) in [6.07, 6.45) is 6.69. The fourth-order valence-corrected chi connectivity index (χ4v) is 1.69. The fourth-order valence-electron chi connectivity index (χ4n) is 1.69. The summed E-state index contributed by atoms with van der Waals surface area (Å²) >= 11 is 0. The molecular formula is C13H24N2O. The van der Waals surface area contributed by atoms with Gasteiger partial charge >= 0.3 is 0 Å². The van der Waals surface area contributed by atoms with Crippen molar-refractivity contribution in [1.29, 1.82) is 0 Å². The predicted molar refractivity (Wildman–Crippen MR) is 67.4 cm³/mol. The van der Waals surface area contributed by atoms with Gasteiger partial charge in [0.15, 0.2) is 0 Å². The average molecular weight is 224 g/mol. The van der Waals surface area contributed by atoms with E-state index in [1.54, 1.807) is 0 Å². The Balaban J connectivity index is 2.39. The molecule has 1 aromatic heterocycles. The molecule has 0 spiro atoms. The molecule has 2 N–H and O–H groups in total. The van der Waals surface area contributed by atoms with E-state index in [0.717, 1.165) is 26.0 Å². The summed E-state index contributed by atoms with van der Waals surface area (Å²) in [6.45, 7) is 7.93. The SMILES string of the molecule is CCCC(N)c1ccn(CCOC(C)C)c1. The van der Waals surface area contributed by atoms with Gasteiger partial charge in [0.25, 0.3) is 0 Å². The lowest BCUT2D eigenvalue weighted by atomic mass is 10.1. The van der Waals surface area contributed by atoms with Crippen molar-refractivity contribution < 1.29 is 4.74 Å². The van der Waals surface area contributed by atoms with E-state index in [-0.39, 0.29) is 6.04 Å². The highest BCUT2D eigenvalue weighted by molar-refractivity contribution is 5.14. The lowest BCUT2D eigenvalue weighted by Gasteiger charge is -2.09. The van der Waals surface area contributed by atoms with Crippen molar-refractivity contribution in [2.45, 2.75) is 52.3 Å². The van der Waals surface area contributed by atoms with Gasteiger partial charge in [-0.15, -0.1) is 0 Å². The van der Waals surface area contributed by atoms with Gasteiger partial charge in [0.05, 0.1) is 12.7 Å². The first kappa shape index (κ1) is 13.3. The first-order chi connectivity index (χ1) is 7.63. The molecule has 0 bridgehead atoms. The first-order valence-corrected chi connectivity index (χ1v) is 6.16. The van der Waals surface area contributed by atoms with E-state index >= 15 is 0 Å². The number of nitrogens with zero attached hydrogens (tertiary/aromatic N) is 1. The van der Waals surface area contributed by atoms with Gasteiger partial charge in [0.1, 0.15) is 0 Å². The second-order valence-electron chi connectivity index (χ2n) is 4.50. The van der Waals surface area contributed by atoms with Gasteiger partial charge in [-0.1, -0.05) is 13.3 Å². The van der Waals surface area contributed by atoms with Crippen LogP contribution in [-0.2, 0) is 11.3 Å². The van der Waals surface area contributed by atoms with Gasteiger partial charge in [0.2, 0.25) is 0 Å². The zero-order chi connectivity index (χ0) is 12.0. The summed E-state index contributed by atoms with van der Waals surface area (Å²) in [7, 11) is 0. The van der Waals surface area contributed by atoms with E-state index in [9.17, 15) is 0 Å². The van der Waals surface area contributed by atoms with Crippen LogP contribution in [0.15, 0.2) is 18.5 Å². The van der Waals surface area contributed by atoms with Crippen LogP contribution in [-0.4, -0.2) is 17.3 Å². The van der Waals surface area contributed by atoms with Crippen LogP contribution in [0.5, 0.6) is 0 Å². The highest BCUT2D eigenvalue weighted by Gasteiger charge is 2.06. The molecule has 0 radical (unpaired) electrons. The Hall–Kier alpha value is -0.800. The summed E-state index contributed by atoms with van der Waals surface area (Å²) in [5.41, 5.74) is 7.28. The summed E-state index contributed by atoms with van der Waals surface area (Å²) < 4.78 is 7.66. The van der Waals surface area contributed by atoms with E-state index < -0.39 is 0 Å². The number of hydrogen-bond donors (Lipinski definition) is 1. The third kappa shape index (κ3) is 4.37. The standard InChI is InChI=1S/C13H24N2O/c1-4-5-13(14)12-6-7-15(10-12)8-9-16-11(2)3/h6-7,10-11,13H,4-5,8-9,14H2,1-3H3. The summed E-state index contributed by atoms with van der Waals surface area (Å²) in [6, 6.07) is 2.28. The van der Waals surface area contributed by atoms with Crippen molar-refractivity contribution in [2.24, 2.45) is 5.73 Å². The van der Waals surface area contributed by atoms with Gasteiger partial charge in [-0.05, 0) is 31.9 Å². The predicted octanol–water partition coefficient (Wildman–Crippen LogP) is 2.71. The second kappa shape index (κ2) is 6.71. The smallest absolute Gasteiger partial charge is 0.0648 e. The number of ether oxygens (including phenoxy) is 1. The van der Waals surface area contributed by atoms with E-state index in [0.29, 0.717) is 6.10 Å². The third-order valence-electron chi connectivity index (χ3n) is 2.60. The van der Waals surface area contributed by atoms with Crippen LogP contribution in [0.4, 0.5) is 0 Å². The topological polar surface area (TPSA) is 40.2 Å². The molecule has 0 saturated heterocycles. The molecule has 1 unspecified atom stereocenters. The van der Waals surface area contributed by atoms with Crippen molar-refractivity contribution in [3.63, 3.8) is 0 Å². The van der Waals surface area contributed by atoms with Crippen molar-refractivity contribution in [3.05, 3.63) is 24.0 Å². The molecule has 1 aromatic rings. The lowest BCUT2D eigenvalue weighted by molar-refractivity contribution is 0.0728. The number of rotatable bonds is 7. The van der Waals surface area contributed by atoms with Crippen molar-refractivity contribution >= 4 is 0 Å². The minimum atomic E-state index is 0.178. The van der Waals surface area contributed by atoms with E-state index in [2.05, 4.69) is 43.8 Å². The maximum Gasteiger partial charge on any atom is 0.0648 e. The van der Waals surface area contributed by atoms with Crippen LogP contribution in [0.1, 0.15) is 45.2 Å². The van der Waals surface area contributed by atoms with Crippen LogP contribution >= 0.6 is 0 Å². The molecule has 16 heavy (non-hydrogen) atoms. The zero-order valence-corrected chi connectivity index (χ0v) is 10.6. The van der Waals surface area contributed by atoms with Gasteiger partial charge in [-0.3, -0.25) is 0 Å². The summed E-state index contributed by atoms with van der Waals surface area (Å²) in [4.78, 5) is 0. The molecule has 0 aliphatic rings. The molecule has 92 valence electrons. The molecule has 0 aliphatic heterocycles. The fraction of sp³-hybridized carbons (Fsp3) is 0.692. The van der Waals surface area contributed by atoms with Crippen LogP contribution in [0.3, 0.4) is 0 Å².